The van der Waals surface area contributed by atoms with E-state index in [1.165, 1.54) is 6.26 Å². The van der Waals surface area contributed by atoms with Gasteiger partial charge in [-0.05, 0) is 47.9 Å². The van der Waals surface area contributed by atoms with Gasteiger partial charge < -0.3 is 19.2 Å². The summed E-state index contributed by atoms with van der Waals surface area (Å²) in [6.45, 7) is 3.57. The SMILES string of the molecule is CC(NC(=O)c1coc(CN(Cc2ccc3c(c2)OCO3)Cc2ccc(Cl)cc2Cl)n1)c1ccccc1. The molecule has 0 saturated carbocycles. The highest BCUT2D eigenvalue weighted by Gasteiger charge is 2.20. The summed E-state index contributed by atoms with van der Waals surface area (Å²) in [5.74, 6) is 1.56. The molecular weight excluding hydrogens is 513 g/mol. The molecule has 1 N–H and O–H groups in total. The molecule has 2 heterocycles. The third-order valence-corrected chi connectivity index (χ3v) is 6.63. The molecule has 0 saturated heterocycles. The highest BCUT2D eigenvalue weighted by molar-refractivity contribution is 6.35. The number of aromatic nitrogens is 1. The van der Waals surface area contributed by atoms with Crippen LogP contribution in [0.2, 0.25) is 10.0 Å². The van der Waals surface area contributed by atoms with E-state index in [0.717, 1.165) is 22.4 Å². The summed E-state index contributed by atoms with van der Waals surface area (Å²) < 4.78 is 16.6. The number of benzene rings is 3. The first-order chi connectivity index (χ1) is 17.9. The van der Waals surface area contributed by atoms with E-state index in [0.29, 0.717) is 41.3 Å². The third kappa shape index (κ3) is 6.25. The lowest BCUT2D eigenvalue weighted by Crippen LogP contribution is -2.27. The Labute approximate surface area is 224 Å². The predicted octanol–water partition coefficient (Wildman–Crippen LogP) is 6.40. The zero-order valence-electron chi connectivity index (χ0n) is 20.1. The molecule has 1 amide bonds. The van der Waals surface area contributed by atoms with Crippen LogP contribution >= 0.6 is 23.2 Å². The molecular formula is C28H25Cl2N3O4. The maximum absolute atomic E-state index is 12.8. The molecule has 1 atom stereocenters. The number of nitrogens with one attached hydrogen (secondary N) is 1. The van der Waals surface area contributed by atoms with Gasteiger partial charge in [0.2, 0.25) is 12.7 Å². The number of carbonyl (C=O) groups is 1. The van der Waals surface area contributed by atoms with Crippen molar-refractivity contribution in [3.8, 4) is 11.5 Å². The molecule has 4 aromatic rings. The number of nitrogens with zero attached hydrogens (tertiary/aromatic N) is 2. The average molecular weight is 538 g/mol. The van der Waals surface area contributed by atoms with Gasteiger partial charge in [0.05, 0.1) is 12.6 Å². The van der Waals surface area contributed by atoms with Crippen LogP contribution in [-0.2, 0) is 19.6 Å². The van der Waals surface area contributed by atoms with Crippen molar-refractivity contribution in [2.24, 2.45) is 0 Å². The summed E-state index contributed by atoms with van der Waals surface area (Å²) in [6.07, 6.45) is 1.39. The molecule has 3 aromatic carbocycles. The Bertz CT molecular complexity index is 1390. The van der Waals surface area contributed by atoms with Crippen molar-refractivity contribution < 1.29 is 18.7 Å². The van der Waals surface area contributed by atoms with Crippen molar-refractivity contribution in [2.75, 3.05) is 6.79 Å². The molecule has 37 heavy (non-hydrogen) atoms. The molecule has 7 nitrogen and oxygen atoms in total. The molecule has 5 rings (SSSR count). The first kappa shape index (κ1) is 25.1. The Kier molecular flexibility index (Phi) is 7.65. The van der Waals surface area contributed by atoms with E-state index in [1.807, 2.05) is 67.6 Å². The van der Waals surface area contributed by atoms with Gasteiger partial charge in [-0.25, -0.2) is 4.98 Å². The fraction of sp³-hybridized carbons (Fsp3) is 0.214. The lowest BCUT2D eigenvalue weighted by atomic mass is 10.1. The van der Waals surface area contributed by atoms with E-state index >= 15 is 0 Å². The molecule has 0 fully saturated rings. The van der Waals surface area contributed by atoms with Crippen LogP contribution in [0.25, 0.3) is 0 Å². The number of rotatable bonds is 9. The van der Waals surface area contributed by atoms with Crippen LogP contribution in [0.3, 0.4) is 0 Å². The molecule has 0 bridgehead atoms. The number of fused-ring (bicyclic) bond motifs is 1. The molecule has 0 aliphatic carbocycles. The molecule has 1 aromatic heterocycles. The van der Waals surface area contributed by atoms with Crippen molar-refractivity contribution in [1.29, 1.82) is 0 Å². The Morgan fingerprint density at radius 2 is 1.81 bits per heavy atom. The number of oxazole rings is 1. The zero-order valence-corrected chi connectivity index (χ0v) is 21.6. The van der Waals surface area contributed by atoms with Crippen LogP contribution in [0.1, 0.15) is 46.0 Å². The van der Waals surface area contributed by atoms with E-state index < -0.39 is 0 Å². The smallest absolute Gasteiger partial charge is 0.273 e. The average Bonchev–Trinajstić information content (AvgIpc) is 3.55. The summed E-state index contributed by atoms with van der Waals surface area (Å²) in [5, 5.41) is 4.11. The van der Waals surface area contributed by atoms with Crippen LogP contribution in [0.5, 0.6) is 11.5 Å². The summed E-state index contributed by atoms with van der Waals surface area (Å²) in [7, 11) is 0. The molecule has 1 aliphatic heterocycles. The number of hydrogen-bond acceptors (Lipinski definition) is 6. The quantitative estimate of drug-likeness (QED) is 0.266. The Balaban J connectivity index is 1.31. The van der Waals surface area contributed by atoms with E-state index in [-0.39, 0.29) is 24.4 Å². The molecule has 1 aliphatic rings. The number of amides is 1. The molecule has 1 unspecified atom stereocenters. The number of ether oxygens (including phenoxy) is 2. The first-order valence-corrected chi connectivity index (χ1v) is 12.6. The van der Waals surface area contributed by atoms with Gasteiger partial charge in [-0.15, -0.1) is 0 Å². The largest absolute Gasteiger partial charge is 0.454 e. The van der Waals surface area contributed by atoms with Crippen molar-refractivity contribution in [3.05, 3.63) is 111 Å². The van der Waals surface area contributed by atoms with Crippen LogP contribution in [0, 0.1) is 0 Å². The zero-order chi connectivity index (χ0) is 25.8. The third-order valence-electron chi connectivity index (χ3n) is 6.04. The lowest BCUT2D eigenvalue weighted by molar-refractivity contribution is 0.0934. The van der Waals surface area contributed by atoms with Gasteiger partial charge in [-0.3, -0.25) is 9.69 Å². The number of halogens is 2. The molecule has 0 spiro atoms. The minimum absolute atomic E-state index is 0.164. The fourth-order valence-electron chi connectivity index (χ4n) is 4.13. The monoisotopic (exact) mass is 537 g/mol. The van der Waals surface area contributed by atoms with Crippen LogP contribution in [0.4, 0.5) is 0 Å². The lowest BCUT2D eigenvalue weighted by Gasteiger charge is -2.22. The summed E-state index contributed by atoms with van der Waals surface area (Å²) in [5.41, 5.74) is 3.17. The van der Waals surface area contributed by atoms with Gasteiger partial charge in [0.15, 0.2) is 17.2 Å². The van der Waals surface area contributed by atoms with Gasteiger partial charge in [0, 0.05) is 23.1 Å². The Morgan fingerprint density at radius 1 is 1.00 bits per heavy atom. The summed E-state index contributed by atoms with van der Waals surface area (Å²) in [6, 6.07) is 20.9. The van der Waals surface area contributed by atoms with Gasteiger partial charge in [0.1, 0.15) is 6.26 Å². The number of carbonyl (C=O) groups excluding carboxylic acids is 1. The maximum atomic E-state index is 12.8. The fourth-order valence-corrected chi connectivity index (χ4v) is 4.60. The van der Waals surface area contributed by atoms with Crippen molar-refractivity contribution >= 4 is 29.1 Å². The van der Waals surface area contributed by atoms with E-state index in [9.17, 15) is 4.79 Å². The molecule has 9 heteroatoms. The van der Waals surface area contributed by atoms with E-state index in [2.05, 4.69) is 15.2 Å². The number of hydrogen-bond donors (Lipinski definition) is 1. The second-order valence-electron chi connectivity index (χ2n) is 8.80. The minimum Gasteiger partial charge on any atom is -0.454 e. The van der Waals surface area contributed by atoms with Crippen molar-refractivity contribution in [2.45, 2.75) is 32.6 Å². The van der Waals surface area contributed by atoms with Gasteiger partial charge in [-0.1, -0.05) is 65.7 Å². The Hall–Kier alpha value is -3.52. The van der Waals surface area contributed by atoms with E-state index in [4.69, 9.17) is 37.1 Å². The van der Waals surface area contributed by atoms with Crippen LogP contribution in [0.15, 0.2) is 77.4 Å². The standard InChI is InChI=1S/C28H25Cl2N3O4/c1-18(20-5-3-2-4-6-20)31-28(34)24-16-35-27(32-24)15-33(14-21-8-9-22(29)12-23(21)30)13-19-7-10-25-26(11-19)37-17-36-25/h2-12,16,18H,13-15,17H2,1H3,(H,31,34). The highest BCUT2D eigenvalue weighted by atomic mass is 35.5. The van der Waals surface area contributed by atoms with Crippen LogP contribution < -0.4 is 14.8 Å². The predicted molar refractivity (Wildman–Crippen MR) is 141 cm³/mol. The van der Waals surface area contributed by atoms with Crippen LogP contribution in [-0.4, -0.2) is 22.6 Å². The first-order valence-electron chi connectivity index (χ1n) is 11.8. The van der Waals surface area contributed by atoms with Gasteiger partial charge >= 0.3 is 0 Å². The topological polar surface area (TPSA) is 76.8 Å². The minimum atomic E-state index is -0.297. The summed E-state index contributed by atoms with van der Waals surface area (Å²) >= 11 is 12.5. The summed E-state index contributed by atoms with van der Waals surface area (Å²) in [4.78, 5) is 19.4. The normalized spacial score (nSPS) is 13.1. The second kappa shape index (κ2) is 11.3. The maximum Gasteiger partial charge on any atom is 0.273 e. The Morgan fingerprint density at radius 3 is 2.62 bits per heavy atom. The second-order valence-corrected chi connectivity index (χ2v) is 9.64. The molecule has 0 radical (unpaired) electrons. The van der Waals surface area contributed by atoms with Crippen molar-refractivity contribution in [3.63, 3.8) is 0 Å². The van der Waals surface area contributed by atoms with Gasteiger partial charge in [-0.2, -0.15) is 0 Å². The van der Waals surface area contributed by atoms with Crippen molar-refractivity contribution in [1.82, 2.24) is 15.2 Å². The van der Waals surface area contributed by atoms with E-state index in [1.54, 1.807) is 6.07 Å². The highest BCUT2D eigenvalue weighted by Crippen LogP contribution is 2.33. The van der Waals surface area contributed by atoms with Gasteiger partial charge in [0.25, 0.3) is 5.91 Å². The molecule has 190 valence electrons.